The third-order valence-corrected chi connectivity index (χ3v) is 6.04. The van der Waals surface area contributed by atoms with E-state index in [1.54, 1.807) is 31.2 Å². The third-order valence-electron chi connectivity index (χ3n) is 4.71. The number of thioether (sulfide) groups is 1. The molecule has 31 heavy (non-hydrogen) atoms. The first-order valence-corrected chi connectivity index (χ1v) is 11.0. The highest BCUT2D eigenvalue weighted by Crippen LogP contribution is 2.47. The Bertz CT molecular complexity index is 879. The zero-order valence-electron chi connectivity index (χ0n) is 17.0. The maximum Gasteiger partial charge on any atom is 0.411 e. The number of hydrogen-bond acceptors (Lipinski definition) is 5. The van der Waals surface area contributed by atoms with Crippen molar-refractivity contribution >= 4 is 17.7 Å². The average Bonchev–Trinajstić information content (AvgIpc) is 3.09. The minimum atomic E-state index is -4.43. The van der Waals surface area contributed by atoms with Crippen LogP contribution in [0.25, 0.3) is 0 Å². The topological polar surface area (TPSA) is 59.0 Å². The van der Waals surface area contributed by atoms with Crippen molar-refractivity contribution in [3.05, 3.63) is 59.7 Å². The van der Waals surface area contributed by atoms with Gasteiger partial charge in [0.05, 0.1) is 6.61 Å². The zero-order valence-corrected chi connectivity index (χ0v) is 17.8. The number of hydrogen-bond donors (Lipinski definition) is 1. The van der Waals surface area contributed by atoms with Crippen LogP contribution in [-0.2, 0) is 4.79 Å². The SMILES string of the molecule is CCCN1Oc2cc(OCCCSC(C(=O)O)c3ccccc3)ccc2C1C(F)(F)F. The predicted molar refractivity (Wildman–Crippen MR) is 112 cm³/mol. The van der Waals surface area contributed by atoms with Gasteiger partial charge in [-0.25, -0.2) is 0 Å². The maximum absolute atomic E-state index is 13.4. The Kier molecular flexibility index (Phi) is 7.72. The summed E-state index contributed by atoms with van der Waals surface area (Å²) in [5, 5.41) is 9.74. The molecule has 1 aliphatic rings. The van der Waals surface area contributed by atoms with E-state index in [0.717, 1.165) is 10.6 Å². The fourth-order valence-corrected chi connectivity index (χ4v) is 4.38. The first-order chi connectivity index (χ1) is 14.8. The molecule has 0 amide bonds. The molecule has 5 nitrogen and oxygen atoms in total. The van der Waals surface area contributed by atoms with Crippen LogP contribution in [0.5, 0.6) is 11.5 Å². The van der Waals surface area contributed by atoms with Gasteiger partial charge in [0, 0.05) is 18.2 Å². The number of carboxylic acids is 1. The minimum absolute atomic E-state index is 0.0796. The highest BCUT2D eigenvalue weighted by Gasteiger charge is 2.50. The van der Waals surface area contributed by atoms with Crippen LogP contribution in [0, 0.1) is 0 Å². The Labute approximate surface area is 183 Å². The summed E-state index contributed by atoms with van der Waals surface area (Å²) in [7, 11) is 0. The average molecular weight is 455 g/mol. The maximum atomic E-state index is 13.4. The van der Waals surface area contributed by atoms with Gasteiger partial charge in [-0.3, -0.25) is 4.79 Å². The summed E-state index contributed by atoms with van der Waals surface area (Å²) in [5.74, 6) is 0.232. The summed E-state index contributed by atoms with van der Waals surface area (Å²) >= 11 is 1.31. The number of aliphatic carboxylic acids is 1. The minimum Gasteiger partial charge on any atom is -0.493 e. The van der Waals surface area contributed by atoms with E-state index in [2.05, 4.69) is 0 Å². The summed E-state index contributed by atoms with van der Waals surface area (Å²) in [5.41, 5.74) is 0.809. The van der Waals surface area contributed by atoms with Gasteiger partial charge in [0.25, 0.3) is 0 Å². The van der Waals surface area contributed by atoms with Crippen LogP contribution in [0.4, 0.5) is 13.2 Å². The molecule has 168 valence electrons. The lowest BCUT2D eigenvalue weighted by Crippen LogP contribution is -2.36. The standard InChI is InChI=1S/C22H24F3NO4S/c1-2-11-26-20(22(23,24)25)17-10-9-16(14-18(17)30-26)29-12-6-13-31-19(21(27)28)15-7-4-3-5-8-15/h3-5,7-10,14,19-20H,2,6,11-13H2,1H3,(H,27,28). The Hall–Kier alpha value is -2.39. The summed E-state index contributed by atoms with van der Waals surface area (Å²) in [6.45, 7) is 2.27. The number of alkyl halides is 3. The molecule has 0 saturated heterocycles. The fraction of sp³-hybridized carbons (Fsp3) is 0.409. The molecular formula is C22H24F3NO4S. The van der Waals surface area contributed by atoms with Gasteiger partial charge in [0.15, 0.2) is 11.8 Å². The van der Waals surface area contributed by atoms with Gasteiger partial charge in [0.2, 0.25) is 0 Å². The van der Waals surface area contributed by atoms with E-state index < -0.39 is 23.4 Å². The molecule has 0 aromatic heterocycles. The first kappa shape index (κ1) is 23.3. The van der Waals surface area contributed by atoms with Gasteiger partial charge >= 0.3 is 12.1 Å². The quantitative estimate of drug-likeness (QED) is 0.468. The smallest absolute Gasteiger partial charge is 0.411 e. The van der Waals surface area contributed by atoms with Crippen molar-refractivity contribution in [3.63, 3.8) is 0 Å². The number of rotatable bonds is 10. The van der Waals surface area contributed by atoms with Crippen molar-refractivity contribution in [1.82, 2.24) is 5.06 Å². The molecule has 1 N–H and O–H groups in total. The van der Waals surface area contributed by atoms with E-state index in [-0.39, 0.29) is 17.9 Å². The van der Waals surface area contributed by atoms with Crippen LogP contribution in [0.15, 0.2) is 48.5 Å². The molecule has 0 saturated carbocycles. The Balaban J connectivity index is 1.53. The van der Waals surface area contributed by atoms with Gasteiger partial charge in [-0.05, 0) is 36.3 Å². The normalized spacial score (nSPS) is 17.1. The molecule has 1 aliphatic heterocycles. The second-order valence-corrected chi connectivity index (χ2v) is 8.29. The first-order valence-electron chi connectivity index (χ1n) is 9.98. The van der Waals surface area contributed by atoms with Crippen molar-refractivity contribution in [3.8, 4) is 11.5 Å². The van der Waals surface area contributed by atoms with Gasteiger partial charge in [0.1, 0.15) is 11.0 Å². The van der Waals surface area contributed by atoms with E-state index in [9.17, 15) is 23.1 Å². The van der Waals surface area contributed by atoms with Crippen molar-refractivity contribution in [1.29, 1.82) is 0 Å². The summed E-state index contributed by atoms with van der Waals surface area (Å²) in [6, 6.07) is 11.6. The molecule has 1 heterocycles. The van der Waals surface area contributed by atoms with Crippen LogP contribution >= 0.6 is 11.8 Å². The third kappa shape index (κ3) is 5.86. The lowest BCUT2D eigenvalue weighted by atomic mass is 10.1. The lowest BCUT2D eigenvalue weighted by molar-refractivity contribution is -0.227. The second kappa shape index (κ2) is 10.3. The molecule has 0 radical (unpaired) electrons. The van der Waals surface area contributed by atoms with Crippen LogP contribution in [-0.4, -0.2) is 41.2 Å². The number of ether oxygens (including phenoxy) is 1. The Morgan fingerprint density at radius 2 is 2.00 bits per heavy atom. The van der Waals surface area contributed by atoms with E-state index in [1.165, 1.54) is 30.0 Å². The van der Waals surface area contributed by atoms with Gasteiger partial charge in [-0.15, -0.1) is 16.8 Å². The summed E-state index contributed by atoms with van der Waals surface area (Å²) in [6.07, 6.45) is -3.31. The molecule has 0 bridgehead atoms. The summed E-state index contributed by atoms with van der Waals surface area (Å²) in [4.78, 5) is 16.9. The number of carboxylic acid groups (broad SMARTS) is 1. The molecule has 3 rings (SSSR count). The molecule has 2 aromatic carbocycles. The molecular weight excluding hydrogens is 431 g/mol. The number of carbonyl (C=O) groups is 1. The molecule has 2 atom stereocenters. The van der Waals surface area contributed by atoms with E-state index in [1.807, 2.05) is 6.07 Å². The highest BCUT2D eigenvalue weighted by atomic mass is 32.2. The van der Waals surface area contributed by atoms with Crippen LogP contribution in [0.1, 0.15) is 42.2 Å². The van der Waals surface area contributed by atoms with Gasteiger partial charge < -0.3 is 14.7 Å². The number of hydroxylamine groups is 2. The largest absolute Gasteiger partial charge is 0.493 e. The van der Waals surface area contributed by atoms with Crippen LogP contribution in [0.2, 0.25) is 0 Å². The number of nitrogens with zero attached hydrogens (tertiary/aromatic N) is 1. The predicted octanol–water partition coefficient (Wildman–Crippen LogP) is 5.64. The molecule has 0 aliphatic carbocycles. The Morgan fingerprint density at radius 3 is 2.65 bits per heavy atom. The number of halogens is 3. The van der Waals surface area contributed by atoms with Gasteiger partial charge in [-0.1, -0.05) is 37.3 Å². The highest BCUT2D eigenvalue weighted by molar-refractivity contribution is 8.00. The van der Waals surface area contributed by atoms with Crippen LogP contribution < -0.4 is 9.57 Å². The number of benzene rings is 2. The van der Waals surface area contributed by atoms with Crippen LogP contribution in [0.3, 0.4) is 0 Å². The molecule has 9 heteroatoms. The molecule has 0 fully saturated rings. The number of fused-ring (bicyclic) bond motifs is 1. The van der Waals surface area contributed by atoms with Crippen molar-refractivity contribution < 1.29 is 32.6 Å². The van der Waals surface area contributed by atoms with Gasteiger partial charge in [-0.2, -0.15) is 13.2 Å². The zero-order chi connectivity index (χ0) is 22.4. The summed E-state index contributed by atoms with van der Waals surface area (Å²) < 4.78 is 46.0. The molecule has 0 spiro atoms. The van der Waals surface area contributed by atoms with Crippen molar-refractivity contribution in [2.24, 2.45) is 0 Å². The van der Waals surface area contributed by atoms with E-state index in [4.69, 9.17) is 9.57 Å². The lowest BCUT2D eigenvalue weighted by Gasteiger charge is -2.24. The van der Waals surface area contributed by atoms with Crippen molar-refractivity contribution in [2.75, 3.05) is 18.9 Å². The van der Waals surface area contributed by atoms with Crippen molar-refractivity contribution in [2.45, 2.75) is 37.2 Å². The monoisotopic (exact) mass is 455 g/mol. The molecule has 2 aromatic rings. The second-order valence-electron chi connectivity index (χ2n) is 7.08. The Morgan fingerprint density at radius 1 is 1.26 bits per heavy atom. The molecule has 2 unspecified atom stereocenters. The fourth-order valence-electron chi connectivity index (χ4n) is 3.37. The van der Waals surface area contributed by atoms with E-state index >= 15 is 0 Å². The van der Waals surface area contributed by atoms with E-state index in [0.29, 0.717) is 31.0 Å².